The van der Waals surface area contributed by atoms with Gasteiger partial charge in [-0.2, -0.15) is 12.6 Å². The number of methoxy groups -OCH3 is 2. The van der Waals surface area contributed by atoms with Gasteiger partial charge in [0.05, 0.1) is 14.2 Å². The fourth-order valence-corrected chi connectivity index (χ4v) is 5.27. The Morgan fingerprint density at radius 3 is 2.65 bits per heavy atom. The molecule has 1 aromatic rings. The Morgan fingerprint density at radius 2 is 2.10 bits per heavy atom. The Hall–Kier alpha value is -2.23. The number of fused-ring (bicyclic) bond motifs is 1. The molecule has 2 aliphatic carbocycles. The van der Waals surface area contributed by atoms with Gasteiger partial charge in [0, 0.05) is 35.1 Å². The number of nitrogens with two attached hydrogens (primary N) is 1. The largest absolute Gasteiger partial charge is 0.504 e. The fraction of sp³-hybridized carbons (Fsp3) is 0.545. The summed E-state index contributed by atoms with van der Waals surface area (Å²) in [7, 11) is 5.25. The van der Waals surface area contributed by atoms with Crippen LogP contribution in [0.2, 0.25) is 0 Å². The number of carboxylic acids is 1. The fourth-order valence-electron chi connectivity index (χ4n) is 5.11. The maximum atomic E-state index is 12.6. The number of allylic oxidation sites excluding steroid dienone is 1. The number of likely N-dealkylation sites (tertiary alicyclic amines) is 1. The number of carboxylic acid groups (broad SMARTS) is 1. The highest BCUT2D eigenvalue weighted by molar-refractivity contribution is 7.80. The van der Waals surface area contributed by atoms with E-state index in [0.717, 1.165) is 30.5 Å². The van der Waals surface area contributed by atoms with Crippen molar-refractivity contribution in [2.24, 2.45) is 11.7 Å². The molecular weight excluding hydrogens is 420 g/mol. The number of ketones is 1. The molecular formula is C22H30N2O6S. The van der Waals surface area contributed by atoms with Gasteiger partial charge in [0.25, 0.3) is 0 Å². The first-order chi connectivity index (χ1) is 14.7. The third-order valence-corrected chi connectivity index (χ3v) is 7.11. The predicted molar refractivity (Wildman–Crippen MR) is 119 cm³/mol. The van der Waals surface area contributed by atoms with Crippen LogP contribution < -0.4 is 10.5 Å². The van der Waals surface area contributed by atoms with Crippen LogP contribution in [0.3, 0.4) is 0 Å². The summed E-state index contributed by atoms with van der Waals surface area (Å²) in [6.07, 6.45) is 4.08. The van der Waals surface area contributed by atoms with E-state index in [2.05, 4.69) is 24.6 Å². The van der Waals surface area contributed by atoms with Crippen LogP contribution in [-0.4, -0.2) is 72.5 Å². The molecule has 0 aromatic heterocycles. The summed E-state index contributed by atoms with van der Waals surface area (Å²) in [4.78, 5) is 24.7. The molecule has 170 valence electrons. The van der Waals surface area contributed by atoms with Crippen molar-refractivity contribution in [2.75, 3.05) is 33.6 Å². The number of aliphatic carboxylic acids is 1. The second kappa shape index (κ2) is 9.10. The Labute approximate surface area is 187 Å². The molecule has 8 nitrogen and oxygen atoms in total. The lowest BCUT2D eigenvalue weighted by Gasteiger charge is -2.56. The van der Waals surface area contributed by atoms with Crippen LogP contribution in [0.4, 0.5) is 0 Å². The molecule has 1 heterocycles. The number of benzene rings is 1. The number of ether oxygens (including phenoxy) is 2. The molecule has 0 spiro atoms. The van der Waals surface area contributed by atoms with E-state index in [1.807, 2.05) is 18.2 Å². The van der Waals surface area contributed by atoms with Crippen molar-refractivity contribution in [2.45, 2.75) is 36.8 Å². The number of thiol groups is 1. The molecule has 4 N–H and O–H groups in total. The SMILES string of the molecule is COC1=C[C@@H]2[C@@H]3Cc4ccc(OC)c(O)c4[C@]2(CCN3C)CC1=O.NC(CS)C(=O)O. The van der Waals surface area contributed by atoms with Gasteiger partial charge in [-0.25, -0.2) is 0 Å². The molecule has 3 aliphatic rings. The van der Waals surface area contributed by atoms with E-state index in [0.29, 0.717) is 24.0 Å². The van der Waals surface area contributed by atoms with Crippen LogP contribution in [0.5, 0.6) is 11.5 Å². The van der Waals surface area contributed by atoms with Crippen LogP contribution in [0.1, 0.15) is 24.0 Å². The smallest absolute Gasteiger partial charge is 0.321 e. The minimum Gasteiger partial charge on any atom is -0.504 e. The molecule has 0 radical (unpaired) electrons. The van der Waals surface area contributed by atoms with Gasteiger partial charge in [-0.05, 0) is 44.1 Å². The first-order valence-corrected chi connectivity index (χ1v) is 10.8. The highest BCUT2D eigenvalue weighted by atomic mass is 32.1. The lowest BCUT2D eigenvalue weighted by molar-refractivity contribution is -0.137. The summed E-state index contributed by atoms with van der Waals surface area (Å²) in [6, 6.07) is 3.36. The predicted octanol–water partition coefficient (Wildman–Crippen LogP) is 1.35. The maximum absolute atomic E-state index is 12.6. The summed E-state index contributed by atoms with van der Waals surface area (Å²) in [5, 5.41) is 18.9. The van der Waals surface area contributed by atoms with Crippen molar-refractivity contribution >= 4 is 24.4 Å². The summed E-state index contributed by atoms with van der Waals surface area (Å²) >= 11 is 3.65. The number of rotatable bonds is 4. The quantitative estimate of drug-likeness (QED) is 0.507. The van der Waals surface area contributed by atoms with Crippen LogP contribution >= 0.6 is 12.6 Å². The normalized spacial score (nSPS) is 27.6. The lowest BCUT2D eigenvalue weighted by Crippen LogP contribution is -2.60. The van der Waals surface area contributed by atoms with E-state index >= 15 is 0 Å². The highest BCUT2D eigenvalue weighted by Gasteiger charge is 2.56. The number of piperidine rings is 1. The zero-order valence-corrected chi connectivity index (χ0v) is 18.9. The molecule has 1 fully saturated rings. The molecule has 31 heavy (non-hydrogen) atoms. The highest BCUT2D eigenvalue weighted by Crippen LogP contribution is 2.57. The van der Waals surface area contributed by atoms with Gasteiger partial charge in [0.1, 0.15) is 6.04 Å². The number of phenolic OH excluding ortho intramolecular Hbond substituents is 1. The molecule has 1 saturated heterocycles. The summed E-state index contributed by atoms with van der Waals surface area (Å²) in [6.45, 7) is 0.917. The van der Waals surface area contributed by atoms with E-state index in [4.69, 9.17) is 20.3 Å². The summed E-state index contributed by atoms with van der Waals surface area (Å²) in [5.74, 6) is 0.506. The zero-order chi connectivity index (χ0) is 22.9. The number of aromatic hydroxyl groups is 1. The number of hydrogen-bond donors (Lipinski definition) is 4. The van der Waals surface area contributed by atoms with Gasteiger partial charge in [-0.3, -0.25) is 9.59 Å². The summed E-state index contributed by atoms with van der Waals surface area (Å²) in [5.41, 5.74) is 6.62. The van der Waals surface area contributed by atoms with Crippen LogP contribution in [-0.2, 0) is 26.2 Å². The zero-order valence-electron chi connectivity index (χ0n) is 18.0. The van der Waals surface area contributed by atoms with Crippen molar-refractivity contribution in [3.63, 3.8) is 0 Å². The molecule has 1 aliphatic heterocycles. The number of nitrogens with zero attached hydrogens (tertiary/aromatic N) is 1. The molecule has 0 amide bonds. The first kappa shape index (κ1) is 23.4. The summed E-state index contributed by atoms with van der Waals surface area (Å²) < 4.78 is 10.6. The Kier molecular flexibility index (Phi) is 6.88. The van der Waals surface area contributed by atoms with Crippen molar-refractivity contribution in [3.05, 3.63) is 35.1 Å². The minimum absolute atomic E-state index is 0.0205. The number of likely N-dealkylation sites (N-methyl/N-ethyl adjacent to an activating group) is 1. The molecule has 1 aromatic carbocycles. The molecule has 4 rings (SSSR count). The van der Waals surface area contributed by atoms with Gasteiger partial charge >= 0.3 is 5.97 Å². The van der Waals surface area contributed by atoms with Gasteiger partial charge in [0.15, 0.2) is 23.0 Å². The van der Waals surface area contributed by atoms with Gasteiger partial charge in [0.2, 0.25) is 0 Å². The molecule has 2 bridgehead atoms. The van der Waals surface area contributed by atoms with Gasteiger partial charge in [-0.15, -0.1) is 0 Å². The molecule has 4 atom stereocenters. The van der Waals surface area contributed by atoms with E-state index in [1.54, 1.807) is 14.2 Å². The third kappa shape index (κ3) is 4.02. The Morgan fingerprint density at radius 1 is 1.39 bits per heavy atom. The topological polar surface area (TPSA) is 122 Å². The van der Waals surface area contributed by atoms with Crippen molar-refractivity contribution < 1.29 is 29.3 Å². The van der Waals surface area contributed by atoms with Crippen molar-refractivity contribution in [1.29, 1.82) is 0 Å². The van der Waals surface area contributed by atoms with Gasteiger partial charge < -0.3 is 30.3 Å². The Balaban J connectivity index is 0.000000339. The molecule has 0 saturated carbocycles. The van der Waals surface area contributed by atoms with Crippen LogP contribution in [0, 0.1) is 5.92 Å². The number of hydrogen-bond acceptors (Lipinski definition) is 8. The van der Waals surface area contributed by atoms with Crippen molar-refractivity contribution in [1.82, 2.24) is 4.90 Å². The van der Waals surface area contributed by atoms with Gasteiger partial charge in [-0.1, -0.05) is 6.07 Å². The lowest BCUT2D eigenvalue weighted by atomic mass is 9.53. The third-order valence-electron chi connectivity index (χ3n) is 6.72. The van der Waals surface area contributed by atoms with Crippen LogP contribution in [0.25, 0.3) is 0 Å². The molecule has 9 heteroatoms. The number of carbonyl (C=O) groups excluding carboxylic acids is 1. The minimum atomic E-state index is -1.00. The van der Waals surface area contributed by atoms with E-state index in [-0.39, 0.29) is 28.6 Å². The number of carbonyl (C=O) groups is 2. The standard InChI is InChI=1S/C19H23NO4.C3H7NO2S/c1-20-7-6-19-10-14(21)16(24-3)9-12(19)13(20)8-11-4-5-15(23-2)18(22)17(11)19;4-2(1-7)3(5)6/h4-5,9,12-13,22H,6-8,10H2,1-3H3;2,7H,1,4H2,(H,5,6)/t12-,13+,19-;/m1./s1. The second-order valence-corrected chi connectivity index (χ2v) is 8.66. The Bertz CT molecular complexity index is 904. The second-order valence-electron chi connectivity index (χ2n) is 8.30. The number of Topliss-reactive ketones (excluding diaryl/α,β-unsaturated/α-hetero) is 1. The van der Waals surface area contributed by atoms with Crippen molar-refractivity contribution in [3.8, 4) is 11.5 Å². The monoisotopic (exact) mass is 450 g/mol. The van der Waals surface area contributed by atoms with Crippen LogP contribution in [0.15, 0.2) is 24.0 Å². The number of phenols is 1. The average Bonchev–Trinajstić information content (AvgIpc) is 2.75. The van der Waals surface area contributed by atoms with E-state index in [9.17, 15) is 14.7 Å². The maximum Gasteiger partial charge on any atom is 0.321 e. The first-order valence-electron chi connectivity index (χ1n) is 10.2. The van der Waals surface area contributed by atoms with E-state index < -0.39 is 12.0 Å². The molecule has 1 unspecified atom stereocenters. The average molecular weight is 451 g/mol. The van der Waals surface area contributed by atoms with E-state index in [1.165, 1.54) is 0 Å².